The minimum atomic E-state index is -4.37. The summed E-state index contributed by atoms with van der Waals surface area (Å²) in [5, 5.41) is 0. The molecule has 0 aliphatic carbocycles. The van der Waals surface area contributed by atoms with Crippen molar-refractivity contribution in [2.75, 3.05) is 0 Å². The minimum Gasteiger partial charge on any atom is -0.248 e. The highest BCUT2D eigenvalue weighted by atomic mass is 19.4. The van der Waals surface area contributed by atoms with E-state index in [4.69, 9.17) is 0 Å². The standard InChI is InChI=1S/C11H14F3N.C2H6/c1-7-5-8(10(2,3)4)15-9(6-7)11(12,13)14;1-2/h5-6H,1-4H3;1-2H3. The summed E-state index contributed by atoms with van der Waals surface area (Å²) in [5.41, 5.74) is -0.129. The van der Waals surface area contributed by atoms with Crippen LogP contribution in [0.2, 0.25) is 0 Å². The molecule has 17 heavy (non-hydrogen) atoms. The molecule has 0 N–H and O–H groups in total. The van der Waals surface area contributed by atoms with E-state index in [1.165, 1.54) is 0 Å². The molecule has 1 rings (SSSR count). The lowest BCUT2D eigenvalue weighted by molar-refractivity contribution is -0.141. The number of halogens is 3. The molecule has 1 heterocycles. The van der Waals surface area contributed by atoms with Crippen molar-refractivity contribution in [1.29, 1.82) is 0 Å². The van der Waals surface area contributed by atoms with Crippen LogP contribution >= 0.6 is 0 Å². The number of alkyl halides is 3. The summed E-state index contributed by atoms with van der Waals surface area (Å²) in [6.45, 7) is 11.2. The van der Waals surface area contributed by atoms with Crippen molar-refractivity contribution >= 4 is 0 Å². The Labute approximate surface area is 101 Å². The van der Waals surface area contributed by atoms with Crippen molar-refractivity contribution < 1.29 is 13.2 Å². The highest BCUT2D eigenvalue weighted by molar-refractivity contribution is 5.25. The molecule has 0 aliphatic rings. The number of aryl methyl sites for hydroxylation is 1. The smallest absolute Gasteiger partial charge is 0.248 e. The molecular weight excluding hydrogens is 227 g/mol. The van der Waals surface area contributed by atoms with Crippen molar-refractivity contribution in [2.45, 2.75) is 53.1 Å². The summed E-state index contributed by atoms with van der Waals surface area (Å²) in [5.74, 6) is 0. The van der Waals surface area contributed by atoms with Gasteiger partial charge in [0, 0.05) is 11.1 Å². The van der Waals surface area contributed by atoms with Gasteiger partial charge < -0.3 is 0 Å². The van der Waals surface area contributed by atoms with Crippen LogP contribution in [0.1, 0.15) is 51.6 Å². The van der Waals surface area contributed by atoms with Crippen molar-refractivity contribution in [2.24, 2.45) is 0 Å². The molecule has 0 saturated heterocycles. The summed E-state index contributed by atoms with van der Waals surface area (Å²) in [6, 6.07) is 2.75. The van der Waals surface area contributed by atoms with E-state index in [0.29, 0.717) is 11.3 Å². The number of hydrogen-bond acceptors (Lipinski definition) is 1. The first-order chi connectivity index (χ1) is 7.60. The fraction of sp³-hybridized carbons (Fsp3) is 0.615. The Morgan fingerprint density at radius 3 is 1.71 bits per heavy atom. The summed E-state index contributed by atoms with van der Waals surface area (Å²) in [4.78, 5) is 3.65. The van der Waals surface area contributed by atoms with Crippen LogP contribution in [0, 0.1) is 6.92 Å². The van der Waals surface area contributed by atoms with E-state index >= 15 is 0 Å². The van der Waals surface area contributed by atoms with Gasteiger partial charge in [0.15, 0.2) is 0 Å². The van der Waals surface area contributed by atoms with Gasteiger partial charge in [-0.25, -0.2) is 4.98 Å². The zero-order valence-electron chi connectivity index (χ0n) is 11.2. The van der Waals surface area contributed by atoms with E-state index in [-0.39, 0.29) is 5.41 Å². The van der Waals surface area contributed by atoms with Gasteiger partial charge in [-0.2, -0.15) is 13.2 Å². The molecule has 98 valence electrons. The third-order valence-corrected chi connectivity index (χ3v) is 2.03. The molecule has 0 radical (unpaired) electrons. The van der Waals surface area contributed by atoms with E-state index in [1.54, 1.807) is 13.0 Å². The van der Waals surface area contributed by atoms with Gasteiger partial charge in [-0.1, -0.05) is 34.6 Å². The maximum absolute atomic E-state index is 12.5. The van der Waals surface area contributed by atoms with Crippen LogP contribution in [0.5, 0.6) is 0 Å². The maximum atomic E-state index is 12.5. The Balaban J connectivity index is 0.00000121. The molecule has 0 fully saturated rings. The van der Waals surface area contributed by atoms with Gasteiger partial charge in [0.25, 0.3) is 0 Å². The van der Waals surface area contributed by atoms with Gasteiger partial charge in [0.1, 0.15) is 5.69 Å². The average molecular weight is 247 g/mol. The molecule has 0 unspecified atom stereocenters. The minimum absolute atomic E-state index is 0.369. The summed E-state index contributed by atoms with van der Waals surface area (Å²) >= 11 is 0. The summed E-state index contributed by atoms with van der Waals surface area (Å²) in [6.07, 6.45) is -4.37. The van der Waals surface area contributed by atoms with Gasteiger partial charge in [0.2, 0.25) is 0 Å². The van der Waals surface area contributed by atoms with Crippen LogP contribution in [-0.4, -0.2) is 4.98 Å². The second-order valence-electron chi connectivity index (χ2n) is 4.66. The van der Waals surface area contributed by atoms with Crippen LogP contribution in [-0.2, 0) is 11.6 Å². The van der Waals surface area contributed by atoms with Crippen LogP contribution in [0.15, 0.2) is 12.1 Å². The second-order valence-corrected chi connectivity index (χ2v) is 4.66. The molecule has 1 aromatic rings. The van der Waals surface area contributed by atoms with Crippen molar-refractivity contribution in [1.82, 2.24) is 4.98 Å². The van der Waals surface area contributed by atoms with Gasteiger partial charge in [-0.3, -0.25) is 0 Å². The molecular formula is C13H20F3N. The van der Waals surface area contributed by atoms with Crippen LogP contribution in [0.3, 0.4) is 0 Å². The lowest BCUT2D eigenvalue weighted by Crippen LogP contribution is -2.18. The summed E-state index contributed by atoms with van der Waals surface area (Å²) < 4.78 is 37.4. The molecule has 1 nitrogen and oxygen atoms in total. The first-order valence-corrected chi connectivity index (χ1v) is 5.67. The van der Waals surface area contributed by atoms with Gasteiger partial charge >= 0.3 is 6.18 Å². The predicted octanol–water partition coefficient (Wildman–Crippen LogP) is 4.73. The topological polar surface area (TPSA) is 12.9 Å². The Bertz CT molecular complexity index is 330. The van der Waals surface area contributed by atoms with E-state index in [2.05, 4.69) is 4.98 Å². The van der Waals surface area contributed by atoms with Crippen LogP contribution in [0.4, 0.5) is 13.2 Å². The van der Waals surface area contributed by atoms with E-state index in [1.807, 2.05) is 34.6 Å². The predicted molar refractivity (Wildman–Crippen MR) is 64.0 cm³/mol. The third kappa shape index (κ3) is 4.75. The van der Waals surface area contributed by atoms with Crippen molar-refractivity contribution in [3.63, 3.8) is 0 Å². The molecule has 4 heteroatoms. The Morgan fingerprint density at radius 2 is 1.35 bits per heavy atom. The lowest BCUT2D eigenvalue weighted by Gasteiger charge is -2.19. The highest BCUT2D eigenvalue weighted by Gasteiger charge is 2.33. The quantitative estimate of drug-likeness (QED) is 0.645. The highest BCUT2D eigenvalue weighted by Crippen LogP contribution is 2.30. The fourth-order valence-corrected chi connectivity index (χ4v) is 1.20. The van der Waals surface area contributed by atoms with Crippen molar-refractivity contribution in [3.05, 3.63) is 29.1 Å². The molecule has 0 atom stereocenters. The zero-order chi connectivity index (χ0) is 13.9. The fourth-order valence-electron chi connectivity index (χ4n) is 1.20. The molecule has 1 aromatic heterocycles. The monoisotopic (exact) mass is 247 g/mol. The van der Waals surface area contributed by atoms with E-state index in [9.17, 15) is 13.2 Å². The molecule has 0 amide bonds. The number of nitrogens with zero attached hydrogens (tertiary/aromatic N) is 1. The van der Waals surface area contributed by atoms with E-state index in [0.717, 1.165) is 6.07 Å². The first kappa shape index (κ1) is 15.9. The lowest BCUT2D eigenvalue weighted by atomic mass is 9.90. The number of rotatable bonds is 0. The van der Waals surface area contributed by atoms with Crippen molar-refractivity contribution in [3.8, 4) is 0 Å². The van der Waals surface area contributed by atoms with E-state index < -0.39 is 11.9 Å². The number of pyridine rings is 1. The number of hydrogen-bond donors (Lipinski definition) is 0. The normalized spacial score (nSPS) is 11.8. The van der Waals surface area contributed by atoms with Crippen LogP contribution in [0.25, 0.3) is 0 Å². The first-order valence-electron chi connectivity index (χ1n) is 5.67. The summed E-state index contributed by atoms with van der Waals surface area (Å²) in [7, 11) is 0. The zero-order valence-corrected chi connectivity index (χ0v) is 11.2. The average Bonchev–Trinajstić information content (AvgIpc) is 2.17. The largest absolute Gasteiger partial charge is 0.433 e. The maximum Gasteiger partial charge on any atom is 0.433 e. The van der Waals surface area contributed by atoms with Gasteiger partial charge in [0.05, 0.1) is 0 Å². The third-order valence-electron chi connectivity index (χ3n) is 2.03. The van der Waals surface area contributed by atoms with Gasteiger partial charge in [-0.15, -0.1) is 0 Å². The number of aromatic nitrogens is 1. The SMILES string of the molecule is CC.Cc1cc(C(C)(C)C)nc(C(F)(F)F)c1. The second kappa shape index (κ2) is 5.52. The molecule has 0 aliphatic heterocycles. The molecule has 0 spiro atoms. The van der Waals surface area contributed by atoms with Crippen LogP contribution < -0.4 is 0 Å². The molecule has 0 bridgehead atoms. The molecule has 0 aromatic carbocycles. The Hall–Kier alpha value is -1.06. The Morgan fingerprint density at radius 1 is 0.941 bits per heavy atom. The molecule has 0 saturated carbocycles. The Kier molecular flexibility index (Phi) is 5.17. The van der Waals surface area contributed by atoms with Gasteiger partial charge in [-0.05, 0) is 24.6 Å².